The van der Waals surface area contributed by atoms with E-state index in [9.17, 15) is 4.79 Å². The van der Waals surface area contributed by atoms with Crippen molar-refractivity contribution in [3.63, 3.8) is 0 Å². The Morgan fingerprint density at radius 2 is 1.97 bits per heavy atom. The lowest BCUT2D eigenvalue weighted by atomic mass is 10.0. The molecule has 2 aromatic carbocycles. The summed E-state index contributed by atoms with van der Waals surface area (Å²) in [4.78, 5) is 19.3. The van der Waals surface area contributed by atoms with E-state index in [4.69, 9.17) is 9.47 Å². The first kappa shape index (κ1) is 19.0. The summed E-state index contributed by atoms with van der Waals surface area (Å²) in [6.07, 6.45) is 8.92. The predicted octanol–water partition coefficient (Wildman–Crippen LogP) is 5.23. The fourth-order valence-corrected chi connectivity index (χ4v) is 3.62. The minimum Gasteiger partial charge on any atom is -0.493 e. The predicted molar refractivity (Wildman–Crippen MR) is 116 cm³/mol. The van der Waals surface area contributed by atoms with Gasteiger partial charge >= 0.3 is 5.97 Å². The van der Waals surface area contributed by atoms with Crippen LogP contribution in [0.25, 0.3) is 16.8 Å². The first-order valence-electron chi connectivity index (χ1n) is 9.84. The average molecular weight is 388 g/mol. The Hall–Kier alpha value is -3.34. The third kappa shape index (κ3) is 3.56. The molecule has 2 heterocycles. The van der Waals surface area contributed by atoms with Crippen LogP contribution in [0.4, 0.5) is 5.69 Å². The highest BCUT2D eigenvalue weighted by molar-refractivity contribution is 6.07. The molecule has 0 N–H and O–H groups in total. The van der Waals surface area contributed by atoms with E-state index in [0.717, 1.165) is 41.4 Å². The normalized spacial score (nSPS) is 12.3. The Bertz CT molecular complexity index is 1090. The number of aromatic nitrogens is 1. The Kier molecular flexibility index (Phi) is 5.21. The van der Waals surface area contributed by atoms with Crippen molar-refractivity contribution in [3.8, 4) is 11.5 Å². The van der Waals surface area contributed by atoms with Crippen molar-refractivity contribution in [2.24, 2.45) is 0 Å². The molecule has 5 nitrogen and oxygen atoms in total. The number of hydrogen-bond acceptors (Lipinski definition) is 5. The number of rotatable bonds is 6. The van der Waals surface area contributed by atoms with Crippen LogP contribution in [0.15, 0.2) is 48.8 Å². The molecule has 0 spiro atoms. The van der Waals surface area contributed by atoms with Gasteiger partial charge in [0.05, 0.1) is 24.1 Å². The molecule has 0 bridgehead atoms. The van der Waals surface area contributed by atoms with Crippen LogP contribution in [0.3, 0.4) is 0 Å². The molecule has 148 valence electrons. The summed E-state index contributed by atoms with van der Waals surface area (Å²) in [6.45, 7) is 2.17. The maximum absolute atomic E-state index is 12.9. The van der Waals surface area contributed by atoms with Gasteiger partial charge in [-0.3, -0.25) is 4.98 Å². The SMILES string of the molecule is CCCCc1ccc(C(=O)Oc2c(OC)cc3ccnc4c3c2N(C)C=C4)cc1. The fourth-order valence-electron chi connectivity index (χ4n) is 3.62. The Morgan fingerprint density at radius 1 is 1.17 bits per heavy atom. The summed E-state index contributed by atoms with van der Waals surface area (Å²) in [5.41, 5.74) is 3.36. The van der Waals surface area contributed by atoms with E-state index in [1.165, 1.54) is 5.56 Å². The number of benzene rings is 2. The Morgan fingerprint density at radius 3 is 2.69 bits per heavy atom. The standard InChI is InChI=1S/C24H24N2O3/c1-4-5-6-16-7-9-17(10-8-16)24(27)29-23-20(28-3)15-18-11-13-25-19-12-14-26(2)22(23)21(18)19/h7-15H,4-6H2,1-3H3. The van der Waals surface area contributed by atoms with Gasteiger partial charge in [0.2, 0.25) is 0 Å². The van der Waals surface area contributed by atoms with Crippen LogP contribution >= 0.6 is 0 Å². The summed E-state index contributed by atoms with van der Waals surface area (Å²) in [6, 6.07) is 11.4. The van der Waals surface area contributed by atoms with Crippen LogP contribution in [-0.4, -0.2) is 25.1 Å². The number of hydrogen-bond donors (Lipinski definition) is 0. The summed E-state index contributed by atoms with van der Waals surface area (Å²) in [7, 11) is 3.50. The Labute approximate surface area is 170 Å². The summed E-state index contributed by atoms with van der Waals surface area (Å²) < 4.78 is 11.4. The molecular formula is C24H24N2O3. The van der Waals surface area contributed by atoms with Crippen molar-refractivity contribution >= 4 is 28.5 Å². The number of carbonyl (C=O) groups is 1. The van der Waals surface area contributed by atoms with Crippen LogP contribution < -0.4 is 14.4 Å². The van der Waals surface area contributed by atoms with Gasteiger partial charge in [-0.15, -0.1) is 0 Å². The highest BCUT2D eigenvalue weighted by Crippen LogP contribution is 2.46. The first-order valence-corrected chi connectivity index (χ1v) is 9.84. The number of anilines is 1. The molecule has 0 saturated heterocycles. The van der Waals surface area contributed by atoms with Gasteiger partial charge < -0.3 is 14.4 Å². The van der Waals surface area contributed by atoms with Crippen LogP contribution in [0.5, 0.6) is 11.5 Å². The van der Waals surface area contributed by atoms with Crippen molar-refractivity contribution in [1.29, 1.82) is 0 Å². The molecule has 1 aliphatic heterocycles. The van der Waals surface area contributed by atoms with E-state index in [1.54, 1.807) is 13.3 Å². The van der Waals surface area contributed by atoms with Gasteiger partial charge in [-0.2, -0.15) is 0 Å². The number of aryl methyl sites for hydroxylation is 1. The van der Waals surface area contributed by atoms with Crippen LogP contribution in [0, 0.1) is 0 Å². The van der Waals surface area contributed by atoms with Crippen molar-refractivity contribution in [1.82, 2.24) is 4.98 Å². The molecule has 5 heteroatoms. The molecule has 0 aliphatic carbocycles. The lowest BCUT2D eigenvalue weighted by molar-refractivity contribution is 0.0731. The maximum atomic E-state index is 12.9. The van der Waals surface area contributed by atoms with Crippen molar-refractivity contribution < 1.29 is 14.3 Å². The summed E-state index contributed by atoms with van der Waals surface area (Å²) in [5.74, 6) is 0.509. The topological polar surface area (TPSA) is 51.7 Å². The quantitative estimate of drug-likeness (QED) is 0.428. The molecule has 1 aliphatic rings. The number of methoxy groups -OCH3 is 1. The monoisotopic (exact) mass is 388 g/mol. The zero-order chi connectivity index (χ0) is 20.4. The lowest BCUT2D eigenvalue weighted by Crippen LogP contribution is -2.17. The van der Waals surface area contributed by atoms with Crippen molar-refractivity contribution in [2.75, 3.05) is 19.1 Å². The van der Waals surface area contributed by atoms with Gasteiger partial charge in [-0.1, -0.05) is 25.5 Å². The van der Waals surface area contributed by atoms with Crippen LogP contribution in [0.2, 0.25) is 0 Å². The fraction of sp³-hybridized carbons (Fsp3) is 0.250. The van der Waals surface area contributed by atoms with E-state index >= 15 is 0 Å². The number of ether oxygens (including phenoxy) is 2. The van der Waals surface area contributed by atoms with E-state index in [-0.39, 0.29) is 0 Å². The van der Waals surface area contributed by atoms with E-state index in [1.807, 2.05) is 60.6 Å². The zero-order valence-corrected chi connectivity index (χ0v) is 16.9. The molecule has 4 rings (SSSR count). The second-order valence-electron chi connectivity index (χ2n) is 7.17. The lowest BCUT2D eigenvalue weighted by Gasteiger charge is -2.25. The molecule has 1 aromatic heterocycles. The Balaban J connectivity index is 1.72. The molecule has 0 amide bonds. The number of nitrogens with zero attached hydrogens (tertiary/aromatic N) is 2. The number of pyridine rings is 1. The molecule has 3 aromatic rings. The summed E-state index contributed by atoms with van der Waals surface area (Å²) in [5, 5.41) is 1.93. The highest BCUT2D eigenvalue weighted by Gasteiger charge is 2.25. The third-order valence-electron chi connectivity index (χ3n) is 5.21. The van der Waals surface area contributed by atoms with Crippen LogP contribution in [-0.2, 0) is 6.42 Å². The van der Waals surface area contributed by atoms with Gasteiger partial charge in [0.15, 0.2) is 11.5 Å². The average Bonchev–Trinajstić information content (AvgIpc) is 2.75. The molecule has 0 fully saturated rings. The maximum Gasteiger partial charge on any atom is 0.343 e. The van der Waals surface area contributed by atoms with Gasteiger partial charge in [-0.05, 0) is 54.1 Å². The molecule has 0 unspecified atom stereocenters. The smallest absolute Gasteiger partial charge is 0.343 e. The van der Waals surface area contributed by atoms with Gasteiger partial charge in [0.1, 0.15) is 0 Å². The molecule has 29 heavy (non-hydrogen) atoms. The van der Waals surface area contributed by atoms with Gasteiger partial charge in [0, 0.05) is 24.8 Å². The summed E-state index contributed by atoms with van der Waals surface area (Å²) >= 11 is 0. The molecule has 0 atom stereocenters. The largest absolute Gasteiger partial charge is 0.493 e. The van der Waals surface area contributed by atoms with E-state index < -0.39 is 5.97 Å². The van der Waals surface area contributed by atoms with E-state index in [2.05, 4.69) is 11.9 Å². The van der Waals surface area contributed by atoms with Gasteiger partial charge in [0.25, 0.3) is 0 Å². The minimum atomic E-state index is -0.408. The van der Waals surface area contributed by atoms with Crippen molar-refractivity contribution in [3.05, 3.63) is 65.6 Å². The molecule has 0 saturated carbocycles. The highest BCUT2D eigenvalue weighted by atomic mass is 16.6. The number of carbonyl (C=O) groups excluding carboxylic acids is 1. The van der Waals surface area contributed by atoms with Gasteiger partial charge in [-0.25, -0.2) is 4.79 Å². The van der Waals surface area contributed by atoms with Crippen LogP contribution in [0.1, 0.15) is 41.4 Å². The third-order valence-corrected chi connectivity index (χ3v) is 5.21. The molecule has 0 radical (unpaired) electrons. The second-order valence-corrected chi connectivity index (χ2v) is 7.17. The zero-order valence-electron chi connectivity index (χ0n) is 16.9. The molecular weight excluding hydrogens is 364 g/mol. The minimum absolute atomic E-state index is 0.404. The van der Waals surface area contributed by atoms with E-state index in [0.29, 0.717) is 17.1 Å². The first-order chi connectivity index (χ1) is 14.1. The second kappa shape index (κ2) is 7.95. The number of esters is 1. The number of unbranched alkanes of at least 4 members (excludes halogenated alkanes) is 1. The van der Waals surface area contributed by atoms with Crippen molar-refractivity contribution in [2.45, 2.75) is 26.2 Å².